The SMILES string of the molecule is c1ccc(-c2ccc(N(c3ccccc3)c3cc(-c4ccc5c(c4)sc4ccccc45)cc(N(c4ccccc4)c4ccc5c(c4)sc4ccccc45)c3)cc2)cc1. The van der Waals surface area contributed by atoms with E-state index in [4.69, 9.17) is 0 Å². The average Bonchev–Trinajstić information content (AvgIpc) is 3.85. The van der Waals surface area contributed by atoms with Crippen molar-refractivity contribution in [3.8, 4) is 22.3 Å². The van der Waals surface area contributed by atoms with Gasteiger partial charge >= 0.3 is 0 Å². The quantitative estimate of drug-likeness (QED) is 0.152. The Morgan fingerprint density at radius 3 is 1.24 bits per heavy atom. The summed E-state index contributed by atoms with van der Waals surface area (Å²) in [6.07, 6.45) is 0. The summed E-state index contributed by atoms with van der Waals surface area (Å²) >= 11 is 3.72. The predicted octanol–water partition coefficient (Wildman–Crippen LogP) is 16.7. The van der Waals surface area contributed by atoms with Crippen LogP contribution in [0.1, 0.15) is 0 Å². The van der Waals surface area contributed by atoms with Crippen LogP contribution in [0.3, 0.4) is 0 Å². The zero-order valence-corrected chi connectivity index (χ0v) is 33.1. The van der Waals surface area contributed by atoms with Crippen molar-refractivity contribution < 1.29 is 0 Å². The van der Waals surface area contributed by atoms with Crippen molar-refractivity contribution in [1.82, 2.24) is 0 Å². The van der Waals surface area contributed by atoms with E-state index in [0.29, 0.717) is 0 Å². The second kappa shape index (κ2) is 14.5. The average molecular weight is 777 g/mol. The van der Waals surface area contributed by atoms with Crippen LogP contribution >= 0.6 is 22.7 Å². The molecule has 0 atom stereocenters. The highest BCUT2D eigenvalue weighted by molar-refractivity contribution is 7.26. The molecule has 0 bridgehead atoms. The van der Waals surface area contributed by atoms with E-state index in [1.807, 2.05) is 22.7 Å². The summed E-state index contributed by atoms with van der Waals surface area (Å²) in [7, 11) is 0. The van der Waals surface area contributed by atoms with Gasteiger partial charge in [0.05, 0.1) is 0 Å². The first-order valence-corrected chi connectivity index (χ1v) is 21.2. The third-order valence-electron chi connectivity index (χ3n) is 11.0. The van der Waals surface area contributed by atoms with E-state index in [9.17, 15) is 0 Å². The van der Waals surface area contributed by atoms with Crippen molar-refractivity contribution in [3.63, 3.8) is 0 Å². The number of hydrogen-bond donors (Lipinski definition) is 0. The number of anilines is 6. The maximum absolute atomic E-state index is 2.41. The van der Waals surface area contributed by atoms with E-state index in [-0.39, 0.29) is 0 Å². The number of rotatable bonds is 8. The van der Waals surface area contributed by atoms with E-state index in [1.54, 1.807) is 0 Å². The molecule has 0 saturated carbocycles. The van der Waals surface area contributed by atoms with E-state index in [2.05, 4.69) is 228 Å². The molecule has 0 aliphatic carbocycles. The van der Waals surface area contributed by atoms with Gasteiger partial charge in [-0.3, -0.25) is 0 Å². The minimum absolute atomic E-state index is 1.08. The highest BCUT2D eigenvalue weighted by Gasteiger charge is 2.21. The van der Waals surface area contributed by atoms with Crippen LogP contribution in [0.15, 0.2) is 218 Å². The van der Waals surface area contributed by atoms with Crippen LogP contribution in [0.25, 0.3) is 62.6 Å². The molecule has 0 aliphatic rings. The van der Waals surface area contributed by atoms with E-state index >= 15 is 0 Å². The molecule has 0 aliphatic heterocycles. The first kappa shape index (κ1) is 34.3. The van der Waals surface area contributed by atoms with Gasteiger partial charge < -0.3 is 9.80 Å². The van der Waals surface area contributed by atoms with E-state index < -0.39 is 0 Å². The first-order valence-electron chi connectivity index (χ1n) is 19.6. The lowest BCUT2D eigenvalue weighted by Crippen LogP contribution is -2.13. The molecule has 0 radical (unpaired) electrons. The highest BCUT2D eigenvalue weighted by atomic mass is 32.1. The van der Waals surface area contributed by atoms with Crippen molar-refractivity contribution in [2.75, 3.05) is 9.80 Å². The van der Waals surface area contributed by atoms with Crippen molar-refractivity contribution in [2.24, 2.45) is 0 Å². The fourth-order valence-corrected chi connectivity index (χ4v) is 10.5. The molecular weight excluding hydrogens is 741 g/mol. The molecule has 2 heterocycles. The Labute approximate surface area is 345 Å². The van der Waals surface area contributed by atoms with Crippen LogP contribution in [0, 0.1) is 0 Å². The van der Waals surface area contributed by atoms with Gasteiger partial charge in [-0.15, -0.1) is 22.7 Å². The van der Waals surface area contributed by atoms with Crippen molar-refractivity contribution in [1.29, 1.82) is 0 Å². The van der Waals surface area contributed by atoms with Crippen molar-refractivity contribution in [3.05, 3.63) is 218 Å². The van der Waals surface area contributed by atoms with Gasteiger partial charge in [-0.2, -0.15) is 0 Å². The minimum Gasteiger partial charge on any atom is -0.310 e. The smallest absolute Gasteiger partial charge is 0.0488 e. The third kappa shape index (κ3) is 6.20. The maximum atomic E-state index is 2.41. The van der Waals surface area contributed by atoms with Gasteiger partial charge in [0.2, 0.25) is 0 Å². The largest absolute Gasteiger partial charge is 0.310 e. The van der Waals surface area contributed by atoms with Gasteiger partial charge in [-0.05, 0) is 107 Å². The first-order chi connectivity index (χ1) is 28.7. The summed E-state index contributed by atoms with van der Waals surface area (Å²) in [6, 6.07) is 79.5. The minimum atomic E-state index is 1.08. The van der Waals surface area contributed by atoms with E-state index in [1.165, 1.54) is 57.0 Å². The molecule has 0 fully saturated rings. The van der Waals surface area contributed by atoms with Crippen LogP contribution in [0.2, 0.25) is 0 Å². The second-order valence-electron chi connectivity index (χ2n) is 14.6. The normalized spacial score (nSPS) is 11.4. The molecule has 9 aromatic carbocycles. The van der Waals surface area contributed by atoms with Crippen LogP contribution in [-0.2, 0) is 0 Å². The Morgan fingerprint density at radius 1 is 0.224 bits per heavy atom. The lowest BCUT2D eigenvalue weighted by molar-refractivity contribution is 1.25. The Kier molecular flexibility index (Phi) is 8.58. The monoisotopic (exact) mass is 776 g/mol. The molecular formula is C54H36N2S2. The van der Waals surface area contributed by atoms with Crippen LogP contribution in [-0.4, -0.2) is 0 Å². The highest BCUT2D eigenvalue weighted by Crippen LogP contribution is 2.46. The molecule has 0 N–H and O–H groups in total. The summed E-state index contributed by atoms with van der Waals surface area (Å²) in [5.41, 5.74) is 11.3. The molecule has 0 spiro atoms. The van der Waals surface area contributed by atoms with E-state index in [0.717, 1.165) is 39.7 Å². The molecule has 2 aromatic heterocycles. The van der Waals surface area contributed by atoms with Crippen molar-refractivity contribution in [2.45, 2.75) is 0 Å². The number of para-hydroxylation sites is 2. The molecule has 0 amide bonds. The zero-order chi connectivity index (χ0) is 38.4. The number of fused-ring (bicyclic) bond motifs is 6. The topological polar surface area (TPSA) is 6.48 Å². The van der Waals surface area contributed by atoms with Crippen LogP contribution in [0.5, 0.6) is 0 Å². The lowest BCUT2D eigenvalue weighted by Gasteiger charge is -2.30. The Bertz CT molecular complexity index is 3220. The molecule has 2 nitrogen and oxygen atoms in total. The molecule has 11 rings (SSSR count). The van der Waals surface area contributed by atoms with Crippen LogP contribution < -0.4 is 9.80 Å². The van der Waals surface area contributed by atoms with Crippen LogP contribution in [0.4, 0.5) is 34.1 Å². The molecule has 0 unspecified atom stereocenters. The lowest BCUT2D eigenvalue weighted by atomic mass is 10.00. The third-order valence-corrected chi connectivity index (χ3v) is 13.3. The number of nitrogens with zero attached hydrogens (tertiary/aromatic N) is 2. The van der Waals surface area contributed by atoms with Crippen molar-refractivity contribution >= 4 is 97.1 Å². The van der Waals surface area contributed by atoms with Gasteiger partial charge in [0.25, 0.3) is 0 Å². The Hall–Kier alpha value is -6.98. The second-order valence-corrected chi connectivity index (χ2v) is 16.7. The fourth-order valence-electron chi connectivity index (χ4n) is 8.26. The number of benzene rings is 9. The zero-order valence-electron chi connectivity index (χ0n) is 31.5. The summed E-state index contributed by atoms with van der Waals surface area (Å²) < 4.78 is 5.18. The number of hydrogen-bond acceptors (Lipinski definition) is 4. The molecule has 0 saturated heterocycles. The standard InChI is InChI=1S/C54H36N2S2/c1-4-14-37(15-5-1)38-24-27-43(28-25-38)55(41-16-6-2-7-17-41)45-32-40(39-26-30-49-47-20-10-12-22-51(47)57-53(49)34-39)33-46(35-45)56(42-18-8-3-9-19-42)44-29-31-50-48-21-11-13-23-52(48)58-54(50)36-44/h1-36H. The summed E-state index contributed by atoms with van der Waals surface area (Å²) in [5.74, 6) is 0. The maximum Gasteiger partial charge on any atom is 0.0488 e. The Morgan fingerprint density at radius 2 is 0.638 bits per heavy atom. The summed E-state index contributed by atoms with van der Waals surface area (Å²) in [5, 5.41) is 5.20. The molecule has 58 heavy (non-hydrogen) atoms. The fraction of sp³-hybridized carbons (Fsp3) is 0. The van der Waals surface area contributed by atoms with Gasteiger partial charge in [-0.25, -0.2) is 0 Å². The van der Waals surface area contributed by atoms with Gasteiger partial charge in [0.1, 0.15) is 0 Å². The molecule has 274 valence electrons. The summed E-state index contributed by atoms with van der Waals surface area (Å²) in [4.78, 5) is 4.80. The number of thiophene rings is 2. The van der Waals surface area contributed by atoms with Gasteiger partial charge in [-0.1, -0.05) is 133 Å². The molecule has 4 heteroatoms. The summed E-state index contributed by atoms with van der Waals surface area (Å²) in [6.45, 7) is 0. The van der Waals surface area contributed by atoms with Gasteiger partial charge in [0, 0.05) is 74.5 Å². The Balaban J connectivity index is 1.14. The molecule has 11 aromatic rings. The predicted molar refractivity (Wildman–Crippen MR) is 252 cm³/mol. The van der Waals surface area contributed by atoms with Gasteiger partial charge in [0.15, 0.2) is 0 Å².